The Labute approximate surface area is 120 Å². The number of carbonyl (C=O) groups excluding carboxylic acids is 1. The summed E-state index contributed by atoms with van der Waals surface area (Å²) < 4.78 is 5.28. The van der Waals surface area contributed by atoms with E-state index in [1.807, 2.05) is 24.3 Å². The molecule has 0 unspecified atom stereocenters. The largest absolute Gasteiger partial charge is 0.496 e. The number of aryl methyl sites for hydroxylation is 1. The van der Waals surface area contributed by atoms with Gasteiger partial charge < -0.3 is 15.4 Å². The highest BCUT2D eigenvalue weighted by Gasteiger charge is 2.08. The number of methoxy groups -OCH3 is 1. The molecule has 1 aromatic rings. The number of hydrogen-bond donors (Lipinski definition) is 2. The summed E-state index contributed by atoms with van der Waals surface area (Å²) in [4.78, 5) is 11.9. The first kappa shape index (κ1) is 14.6. The summed E-state index contributed by atoms with van der Waals surface area (Å²) in [5, 5.41) is 6.24. The monoisotopic (exact) mass is 274 g/mol. The van der Waals surface area contributed by atoms with Gasteiger partial charge in [0.1, 0.15) is 5.75 Å². The zero-order chi connectivity index (χ0) is 14.2. The molecule has 1 aliphatic heterocycles. The molecular weight excluding hydrogens is 252 g/mol. The van der Waals surface area contributed by atoms with Crippen molar-refractivity contribution in [1.82, 2.24) is 10.6 Å². The van der Waals surface area contributed by atoms with Gasteiger partial charge in [0.25, 0.3) is 0 Å². The smallest absolute Gasteiger partial charge is 0.220 e. The van der Waals surface area contributed by atoms with E-state index in [-0.39, 0.29) is 5.91 Å². The van der Waals surface area contributed by atoms with E-state index in [4.69, 9.17) is 4.74 Å². The molecule has 0 aromatic heterocycles. The molecule has 2 N–H and O–H groups in total. The Morgan fingerprint density at radius 2 is 2.25 bits per heavy atom. The maximum Gasteiger partial charge on any atom is 0.220 e. The first-order chi connectivity index (χ1) is 9.79. The highest BCUT2D eigenvalue weighted by atomic mass is 16.5. The highest BCUT2D eigenvalue weighted by molar-refractivity contribution is 5.76. The Balaban J connectivity index is 1.76. The molecule has 1 amide bonds. The Morgan fingerprint density at radius 1 is 1.40 bits per heavy atom. The topological polar surface area (TPSA) is 50.4 Å². The van der Waals surface area contributed by atoms with Gasteiger partial charge in [-0.1, -0.05) is 29.8 Å². The van der Waals surface area contributed by atoms with Crippen molar-refractivity contribution < 1.29 is 9.53 Å². The van der Waals surface area contributed by atoms with Crippen LogP contribution in [0.1, 0.15) is 18.4 Å². The van der Waals surface area contributed by atoms with Gasteiger partial charge in [-0.25, -0.2) is 0 Å². The second-order valence-corrected chi connectivity index (χ2v) is 4.91. The van der Waals surface area contributed by atoms with Crippen molar-refractivity contribution in [3.63, 3.8) is 0 Å². The molecule has 4 nitrogen and oxygen atoms in total. The summed E-state index contributed by atoms with van der Waals surface area (Å²) in [6.45, 7) is 2.59. The number of para-hydroxylation sites is 1. The molecule has 4 heteroatoms. The lowest BCUT2D eigenvalue weighted by atomic mass is 10.1. The van der Waals surface area contributed by atoms with Crippen molar-refractivity contribution in [3.05, 3.63) is 41.5 Å². The van der Waals surface area contributed by atoms with Crippen LogP contribution in [0.2, 0.25) is 0 Å². The van der Waals surface area contributed by atoms with Crippen LogP contribution in [0, 0.1) is 0 Å². The predicted molar refractivity (Wildman–Crippen MR) is 79.9 cm³/mol. The molecule has 108 valence electrons. The van der Waals surface area contributed by atoms with Crippen molar-refractivity contribution in [2.24, 2.45) is 0 Å². The first-order valence-electron chi connectivity index (χ1n) is 7.07. The minimum atomic E-state index is 0.0929. The molecule has 0 radical (unpaired) electrons. The predicted octanol–water partition coefficient (Wildman–Crippen LogP) is 1.66. The van der Waals surface area contributed by atoms with Crippen LogP contribution in [0.3, 0.4) is 0 Å². The molecule has 0 spiro atoms. The van der Waals surface area contributed by atoms with E-state index in [2.05, 4.69) is 16.7 Å². The molecule has 20 heavy (non-hydrogen) atoms. The van der Waals surface area contributed by atoms with Crippen molar-refractivity contribution in [2.45, 2.75) is 19.3 Å². The number of hydrogen-bond acceptors (Lipinski definition) is 3. The summed E-state index contributed by atoms with van der Waals surface area (Å²) in [6.07, 6.45) is 4.37. The van der Waals surface area contributed by atoms with Crippen LogP contribution < -0.4 is 15.4 Å². The lowest BCUT2D eigenvalue weighted by Crippen LogP contribution is -2.29. The number of ether oxygens (including phenoxy) is 1. The average molecular weight is 274 g/mol. The maximum absolute atomic E-state index is 11.9. The summed E-state index contributed by atoms with van der Waals surface area (Å²) >= 11 is 0. The Morgan fingerprint density at radius 3 is 3.00 bits per heavy atom. The molecular formula is C16H22N2O2. The number of carbonyl (C=O) groups is 1. The molecule has 0 fully saturated rings. The van der Waals surface area contributed by atoms with Gasteiger partial charge >= 0.3 is 0 Å². The first-order valence-corrected chi connectivity index (χ1v) is 7.07. The SMILES string of the molecule is COc1ccccc1CCC(=O)NCC1=CCNCC1. The average Bonchev–Trinajstić information content (AvgIpc) is 2.52. The molecule has 0 atom stereocenters. The molecule has 2 rings (SSSR count). The van der Waals surface area contributed by atoms with Crippen molar-refractivity contribution >= 4 is 5.91 Å². The zero-order valence-electron chi connectivity index (χ0n) is 11.9. The lowest BCUT2D eigenvalue weighted by Gasteiger charge is -2.14. The molecule has 0 saturated carbocycles. The Bertz CT molecular complexity index is 483. The van der Waals surface area contributed by atoms with Crippen molar-refractivity contribution in [3.8, 4) is 5.75 Å². The second kappa shape index (κ2) is 7.70. The van der Waals surface area contributed by atoms with Crippen LogP contribution in [-0.2, 0) is 11.2 Å². The summed E-state index contributed by atoms with van der Waals surface area (Å²) in [6, 6.07) is 7.83. The number of nitrogens with one attached hydrogen (secondary N) is 2. The summed E-state index contributed by atoms with van der Waals surface area (Å²) in [5.74, 6) is 0.941. The number of benzene rings is 1. The van der Waals surface area contributed by atoms with Gasteiger partial charge in [-0.2, -0.15) is 0 Å². The van der Waals surface area contributed by atoms with E-state index < -0.39 is 0 Å². The zero-order valence-corrected chi connectivity index (χ0v) is 11.9. The minimum Gasteiger partial charge on any atom is -0.496 e. The number of amides is 1. The molecule has 1 aliphatic rings. The van der Waals surface area contributed by atoms with Crippen LogP contribution in [0.15, 0.2) is 35.9 Å². The third-order valence-electron chi connectivity index (χ3n) is 3.48. The fourth-order valence-electron chi connectivity index (χ4n) is 2.29. The van der Waals surface area contributed by atoms with Gasteiger partial charge in [-0.3, -0.25) is 4.79 Å². The second-order valence-electron chi connectivity index (χ2n) is 4.91. The van der Waals surface area contributed by atoms with Gasteiger partial charge in [-0.05, 0) is 31.0 Å². The standard InChI is InChI=1S/C16H22N2O2/c1-20-15-5-3-2-4-14(15)6-7-16(19)18-12-13-8-10-17-11-9-13/h2-5,8,17H,6-7,9-12H2,1H3,(H,18,19). The van der Waals surface area contributed by atoms with Gasteiger partial charge in [-0.15, -0.1) is 0 Å². The normalized spacial score (nSPS) is 14.6. The van der Waals surface area contributed by atoms with E-state index in [1.54, 1.807) is 7.11 Å². The molecule has 0 bridgehead atoms. The minimum absolute atomic E-state index is 0.0929. The van der Waals surface area contributed by atoms with E-state index in [0.717, 1.165) is 30.8 Å². The van der Waals surface area contributed by atoms with Crippen LogP contribution in [0.4, 0.5) is 0 Å². The Hall–Kier alpha value is -1.81. The van der Waals surface area contributed by atoms with E-state index in [9.17, 15) is 4.79 Å². The fourth-order valence-corrected chi connectivity index (χ4v) is 2.29. The van der Waals surface area contributed by atoms with Gasteiger partial charge in [0.05, 0.1) is 7.11 Å². The molecule has 1 heterocycles. The van der Waals surface area contributed by atoms with Crippen LogP contribution in [-0.4, -0.2) is 32.7 Å². The van der Waals surface area contributed by atoms with Crippen LogP contribution in [0.5, 0.6) is 5.75 Å². The van der Waals surface area contributed by atoms with Crippen LogP contribution >= 0.6 is 0 Å². The molecule has 1 aromatic carbocycles. The fraction of sp³-hybridized carbons (Fsp3) is 0.438. The third kappa shape index (κ3) is 4.38. The molecule has 0 saturated heterocycles. The maximum atomic E-state index is 11.9. The summed E-state index contributed by atoms with van der Waals surface area (Å²) in [7, 11) is 1.66. The quantitative estimate of drug-likeness (QED) is 0.776. The third-order valence-corrected chi connectivity index (χ3v) is 3.48. The van der Waals surface area contributed by atoms with Gasteiger partial charge in [0.2, 0.25) is 5.91 Å². The highest BCUT2D eigenvalue weighted by Crippen LogP contribution is 2.18. The number of rotatable bonds is 6. The van der Waals surface area contributed by atoms with Gasteiger partial charge in [0, 0.05) is 19.5 Å². The van der Waals surface area contributed by atoms with Crippen molar-refractivity contribution in [2.75, 3.05) is 26.7 Å². The van der Waals surface area contributed by atoms with E-state index in [1.165, 1.54) is 5.57 Å². The van der Waals surface area contributed by atoms with Crippen LogP contribution in [0.25, 0.3) is 0 Å². The summed E-state index contributed by atoms with van der Waals surface area (Å²) in [5.41, 5.74) is 2.39. The van der Waals surface area contributed by atoms with E-state index >= 15 is 0 Å². The Kier molecular flexibility index (Phi) is 5.62. The van der Waals surface area contributed by atoms with E-state index in [0.29, 0.717) is 19.4 Å². The van der Waals surface area contributed by atoms with Gasteiger partial charge in [0.15, 0.2) is 0 Å². The lowest BCUT2D eigenvalue weighted by molar-refractivity contribution is -0.120. The molecule has 0 aliphatic carbocycles. The van der Waals surface area contributed by atoms with Crippen molar-refractivity contribution in [1.29, 1.82) is 0 Å².